The molecule has 0 bridgehead atoms. The van der Waals surface area contributed by atoms with E-state index < -0.39 is 5.97 Å². The molecule has 0 unspecified atom stereocenters. The van der Waals surface area contributed by atoms with Crippen molar-refractivity contribution in [2.24, 2.45) is 7.05 Å². The van der Waals surface area contributed by atoms with Gasteiger partial charge in [0.2, 0.25) is 0 Å². The van der Waals surface area contributed by atoms with Gasteiger partial charge in [0.1, 0.15) is 0 Å². The Morgan fingerprint density at radius 2 is 2.26 bits per heavy atom. The van der Waals surface area contributed by atoms with Gasteiger partial charge in [0, 0.05) is 31.9 Å². The molecule has 0 saturated carbocycles. The lowest BCUT2D eigenvalue weighted by molar-refractivity contribution is 0.0697. The lowest BCUT2D eigenvalue weighted by Gasteiger charge is -2.07. The SMILES string of the molecule is Cn1ccc(CCNc2ccc(C(=O)O)c(Cl)c2)n1. The van der Waals surface area contributed by atoms with Crippen LogP contribution in [0.2, 0.25) is 5.02 Å². The van der Waals surface area contributed by atoms with Crippen molar-refractivity contribution in [3.05, 3.63) is 46.7 Å². The number of aromatic carboxylic acids is 1. The molecule has 1 heterocycles. The highest BCUT2D eigenvalue weighted by Crippen LogP contribution is 2.20. The van der Waals surface area contributed by atoms with Gasteiger partial charge in [-0.15, -0.1) is 0 Å². The molecule has 2 N–H and O–H groups in total. The van der Waals surface area contributed by atoms with Crippen LogP contribution in [-0.2, 0) is 13.5 Å². The van der Waals surface area contributed by atoms with Crippen molar-refractivity contribution in [1.29, 1.82) is 0 Å². The van der Waals surface area contributed by atoms with Crippen LogP contribution >= 0.6 is 11.6 Å². The van der Waals surface area contributed by atoms with E-state index in [2.05, 4.69) is 10.4 Å². The third-order valence-electron chi connectivity index (χ3n) is 2.68. The molecule has 6 heteroatoms. The smallest absolute Gasteiger partial charge is 0.337 e. The van der Waals surface area contributed by atoms with Crippen LogP contribution < -0.4 is 5.32 Å². The molecule has 100 valence electrons. The van der Waals surface area contributed by atoms with Crippen LogP contribution in [-0.4, -0.2) is 27.4 Å². The van der Waals surface area contributed by atoms with Gasteiger partial charge in [-0.1, -0.05) is 11.6 Å². The van der Waals surface area contributed by atoms with Crippen molar-refractivity contribution < 1.29 is 9.90 Å². The fourth-order valence-corrected chi connectivity index (χ4v) is 1.99. The number of hydrogen-bond donors (Lipinski definition) is 2. The Morgan fingerprint density at radius 3 is 2.84 bits per heavy atom. The highest BCUT2D eigenvalue weighted by Gasteiger charge is 2.08. The number of carbonyl (C=O) groups is 1. The van der Waals surface area contributed by atoms with E-state index in [1.807, 2.05) is 19.3 Å². The maximum absolute atomic E-state index is 10.8. The van der Waals surface area contributed by atoms with E-state index in [9.17, 15) is 4.79 Å². The maximum Gasteiger partial charge on any atom is 0.337 e. The zero-order chi connectivity index (χ0) is 13.8. The first-order valence-corrected chi connectivity index (χ1v) is 6.19. The molecule has 0 spiro atoms. The van der Waals surface area contributed by atoms with Crippen molar-refractivity contribution >= 4 is 23.3 Å². The summed E-state index contributed by atoms with van der Waals surface area (Å²) in [7, 11) is 1.88. The van der Waals surface area contributed by atoms with Gasteiger partial charge < -0.3 is 10.4 Å². The van der Waals surface area contributed by atoms with E-state index >= 15 is 0 Å². The molecule has 1 aromatic heterocycles. The predicted octanol–water partition coefficient (Wildman–Crippen LogP) is 2.43. The molecule has 0 radical (unpaired) electrons. The van der Waals surface area contributed by atoms with Gasteiger partial charge in [0.15, 0.2) is 0 Å². The number of hydrogen-bond acceptors (Lipinski definition) is 3. The fraction of sp³-hybridized carbons (Fsp3) is 0.231. The van der Waals surface area contributed by atoms with Crippen LogP contribution in [0.1, 0.15) is 16.1 Å². The summed E-state index contributed by atoms with van der Waals surface area (Å²) in [6.07, 6.45) is 2.69. The van der Waals surface area contributed by atoms with Crippen LogP contribution in [0, 0.1) is 0 Å². The van der Waals surface area contributed by atoms with E-state index in [1.54, 1.807) is 16.8 Å². The predicted molar refractivity (Wildman–Crippen MR) is 73.8 cm³/mol. The molecule has 0 aliphatic heterocycles. The summed E-state index contributed by atoms with van der Waals surface area (Å²) in [5, 5.41) is 16.6. The average Bonchev–Trinajstić information content (AvgIpc) is 2.75. The summed E-state index contributed by atoms with van der Waals surface area (Å²) >= 11 is 5.89. The largest absolute Gasteiger partial charge is 0.478 e. The third-order valence-corrected chi connectivity index (χ3v) is 2.99. The topological polar surface area (TPSA) is 67.2 Å². The maximum atomic E-state index is 10.8. The van der Waals surface area contributed by atoms with Gasteiger partial charge in [-0.3, -0.25) is 4.68 Å². The van der Waals surface area contributed by atoms with Gasteiger partial charge in [0.05, 0.1) is 16.3 Å². The first-order valence-electron chi connectivity index (χ1n) is 5.81. The van der Waals surface area contributed by atoms with Crippen molar-refractivity contribution in [3.63, 3.8) is 0 Å². The molecule has 0 atom stereocenters. The minimum absolute atomic E-state index is 0.108. The van der Waals surface area contributed by atoms with Crippen LogP contribution in [0.25, 0.3) is 0 Å². The van der Waals surface area contributed by atoms with Crippen LogP contribution in [0.5, 0.6) is 0 Å². The summed E-state index contributed by atoms with van der Waals surface area (Å²) in [4.78, 5) is 10.8. The summed E-state index contributed by atoms with van der Waals surface area (Å²) in [5.74, 6) is -1.02. The summed E-state index contributed by atoms with van der Waals surface area (Å²) < 4.78 is 1.76. The number of halogens is 1. The molecule has 19 heavy (non-hydrogen) atoms. The van der Waals surface area contributed by atoms with Crippen LogP contribution in [0.4, 0.5) is 5.69 Å². The Labute approximate surface area is 115 Å². The molecule has 2 rings (SSSR count). The molecule has 0 aliphatic rings. The van der Waals surface area contributed by atoms with E-state index in [0.29, 0.717) is 6.54 Å². The van der Waals surface area contributed by atoms with Crippen molar-refractivity contribution in [3.8, 4) is 0 Å². The number of aromatic nitrogens is 2. The monoisotopic (exact) mass is 279 g/mol. The Balaban J connectivity index is 1.93. The number of benzene rings is 1. The standard InChI is InChI=1S/C13H14ClN3O2/c1-17-7-5-9(16-17)4-6-15-10-2-3-11(13(18)19)12(14)8-10/h2-3,5,7-8,15H,4,6H2,1H3,(H,18,19). The minimum atomic E-state index is -1.02. The molecule has 0 amide bonds. The van der Waals surface area contributed by atoms with E-state index in [1.165, 1.54) is 6.07 Å². The van der Waals surface area contributed by atoms with E-state index in [0.717, 1.165) is 17.8 Å². The molecule has 0 fully saturated rings. The second-order valence-corrected chi connectivity index (χ2v) is 4.56. The van der Waals surface area contributed by atoms with Crippen molar-refractivity contribution in [2.75, 3.05) is 11.9 Å². The third kappa shape index (κ3) is 3.48. The number of carboxylic acid groups (broad SMARTS) is 1. The Hall–Kier alpha value is -2.01. The summed E-state index contributed by atoms with van der Waals surface area (Å²) in [6.45, 7) is 0.708. The van der Waals surface area contributed by atoms with E-state index in [4.69, 9.17) is 16.7 Å². The Kier molecular flexibility index (Phi) is 4.06. The average molecular weight is 280 g/mol. The van der Waals surface area contributed by atoms with Gasteiger partial charge >= 0.3 is 5.97 Å². The normalized spacial score (nSPS) is 10.4. The first-order chi connectivity index (χ1) is 9.06. The highest BCUT2D eigenvalue weighted by atomic mass is 35.5. The van der Waals surface area contributed by atoms with Crippen molar-refractivity contribution in [2.45, 2.75) is 6.42 Å². The molecule has 0 saturated heterocycles. The number of carboxylic acids is 1. The van der Waals surface area contributed by atoms with Crippen LogP contribution in [0.3, 0.4) is 0 Å². The molecular formula is C13H14ClN3O2. The first kappa shape index (κ1) is 13.4. The van der Waals surface area contributed by atoms with E-state index in [-0.39, 0.29) is 10.6 Å². The zero-order valence-electron chi connectivity index (χ0n) is 10.4. The second-order valence-electron chi connectivity index (χ2n) is 4.16. The highest BCUT2D eigenvalue weighted by molar-refractivity contribution is 6.33. The minimum Gasteiger partial charge on any atom is -0.478 e. The summed E-state index contributed by atoms with van der Waals surface area (Å²) in [5.41, 5.74) is 1.91. The molecule has 5 nitrogen and oxygen atoms in total. The number of rotatable bonds is 5. The Bertz CT molecular complexity index is 595. The van der Waals surface area contributed by atoms with Crippen LogP contribution in [0.15, 0.2) is 30.5 Å². The molecule has 1 aromatic carbocycles. The fourth-order valence-electron chi connectivity index (χ4n) is 1.73. The summed E-state index contributed by atoms with van der Waals surface area (Å²) in [6, 6.07) is 6.77. The lowest BCUT2D eigenvalue weighted by Crippen LogP contribution is -2.06. The zero-order valence-corrected chi connectivity index (χ0v) is 11.2. The number of anilines is 1. The number of nitrogens with zero attached hydrogens (tertiary/aromatic N) is 2. The quantitative estimate of drug-likeness (QED) is 0.882. The molecule has 2 aromatic rings. The molecular weight excluding hydrogens is 266 g/mol. The lowest BCUT2D eigenvalue weighted by atomic mass is 10.2. The second kappa shape index (κ2) is 5.75. The van der Waals surface area contributed by atoms with Gasteiger partial charge in [0.25, 0.3) is 0 Å². The Morgan fingerprint density at radius 1 is 1.47 bits per heavy atom. The van der Waals surface area contributed by atoms with Gasteiger partial charge in [-0.25, -0.2) is 4.79 Å². The van der Waals surface area contributed by atoms with Gasteiger partial charge in [-0.2, -0.15) is 5.10 Å². The van der Waals surface area contributed by atoms with Gasteiger partial charge in [-0.05, 0) is 24.3 Å². The number of nitrogens with one attached hydrogen (secondary N) is 1. The number of aryl methyl sites for hydroxylation is 1. The van der Waals surface area contributed by atoms with Crippen molar-refractivity contribution in [1.82, 2.24) is 9.78 Å². The molecule has 0 aliphatic carbocycles.